The van der Waals surface area contributed by atoms with Gasteiger partial charge < -0.3 is 10.3 Å². The summed E-state index contributed by atoms with van der Waals surface area (Å²) >= 11 is 0. The number of nitrogens with zero attached hydrogens (tertiary/aromatic N) is 3. The number of aromatic nitrogens is 2. The quantitative estimate of drug-likeness (QED) is 0.890. The molecule has 0 radical (unpaired) electrons. The van der Waals surface area contributed by atoms with Crippen molar-refractivity contribution in [2.45, 2.75) is 33.4 Å². The Hall–Kier alpha value is -0.650. The molecule has 1 aromatic rings. The standard InChI is InChI=1S/C11H20N4O.ClH/c1-8-3-9(2)6-15(5-8)7-10-13-11(4-12)16-14-10;/h8-9H,3-7,12H2,1-2H3;1H. The summed E-state index contributed by atoms with van der Waals surface area (Å²) < 4.78 is 5.00. The zero-order chi connectivity index (χ0) is 11.5. The lowest BCUT2D eigenvalue weighted by Gasteiger charge is -2.34. The third kappa shape index (κ3) is 3.94. The molecule has 2 N–H and O–H groups in total. The third-order valence-corrected chi connectivity index (χ3v) is 2.99. The number of piperidine rings is 1. The first kappa shape index (κ1) is 14.4. The Bertz CT molecular complexity index is 334. The molecule has 0 spiro atoms. The Kier molecular flexibility index (Phi) is 5.36. The largest absolute Gasteiger partial charge is 0.338 e. The molecule has 0 aromatic carbocycles. The van der Waals surface area contributed by atoms with E-state index in [0.717, 1.165) is 37.3 Å². The van der Waals surface area contributed by atoms with Crippen LogP contribution in [0.1, 0.15) is 32.0 Å². The predicted molar refractivity (Wildman–Crippen MR) is 67.7 cm³/mol. The minimum Gasteiger partial charge on any atom is -0.338 e. The van der Waals surface area contributed by atoms with E-state index >= 15 is 0 Å². The molecule has 0 aliphatic carbocycles. The first-order valence-electron chi connectivity index (χ1n) is 5.91. The van der Waals surface area contributed by atoms with Crippen molar-refractivity contribution in [2.75, 3.05) is 13.1 Å². The summed E-state index contributed by atoms with van der Waals surface area (Å²) in [6, 6.07) is 0. The van der Waals surface area contributed by atoms with Crippen LogP contribution in [0.5, 0.6) is 0 Å². The molecule has 2 atom stereocenters. The fraction of sp³-hybridized carbons (Fsp3) is 0.818. The van der Waals surface area contributed by atoms with E-state index in [4.69, 9.17) is 10.3 Å². The van der Waals surface area contributed by atoms with E-state index in [-0.39, 0.29) is 12.4 Å². The summed E-state index contributed by atoms with van der Waals surface area (Å²) in [4.78, 5) is 6.62. The summed E-state index contributed by atoms with van der Waals surface area (Å²) in [5, 5.41) is 3.92. The third-order valence-electron chi connectivity index (χ3n) is 2.99. The zero-order valence-corrected chi connectivity index (χ0v) is 11.2. The summed E-state index contributed by atoms with van der Waals surface area (Å²) in [5.74, 6) is 2.78. The average Bonchev–Trinajstić information content (AvgIpc) is 2.64. The first-order valence-corrected chi connectivity index (χ1v) is 5.91. The van der Waals surface area contributed by atoms with Crippen LogP contribution >= 0.6 is 12.4 Å². The fourth-order valence-electron chi connectivity index (χ4n) is 2.56. The molecule has 2 heterocycles. The van der Waals surface area contributed by atoms with Gasteiger partial charge in [-0.2, -0.15) is 4.98 Å². The van der Waals surface area contributed by atoms with Gasteiger partial charge in [-0.05, 0) is 18.3 Å². The van der Waals surface area contributed by atoms with Crippen LogP contribution in [0.25, 0.3) is 0 Å². The number of nitrogens with two attached hydrogens (primary N) is 1. The highest BCUT2D eigenvalue weighted by molar-refractivity contribution is 5.85. The zero-order valence-electron chi connectivity index (χ0n) is 10.4. The maximum atomic E-state index is 5.43. The van der Waals surface area contributed by atoms with Crippen LogP contribution in [-0.4, -0.2) is 28.1 Å². The lowest BCUT2D eigenvalue weighted by Crippen LogP contribution is -2.38. The molecule has 1 fully saturated rings. The second-order valence-corrected chi connectivity index (χ2v) is 4.95. The molecule has 0 bridgehead atoms. The second kappa shape index (κ2) is 6.33. The van der Waals surface area contributed by atoms with Crippen LogP contribution in [0, 0.1) is 11.8 Å². The topological polar surface area (TPSA) is 68.2 Å². The van der Waals surface area contributed by atoms with Crippen molar-refractivity contribution in [3.63, 3.8) is 0 Å². The molecule has 5 nitrogen and oxygen atoms in total. The van der Waals surface area contributed by atoms with Crippen LogP contribution in [0.2, 0.25) is 0 Å². The SMILES string of the molecule is CC1CC(C)CN(Cc2noc(CN)n2)C1.Cl. The Morgan fingerprint density at radius 1 is 1.35 bits per heavy atom. The van der Waals surface area contributed by atoms with Gasteiger partial charge in [-0.25, -0.2) is 0 Å². The molecule has 98 valence electrons. The van der Waals surface area contributed by atoms with Crippen LogP contribution in [0.4, 0.5) is 0 Å². The van der Waals surface area contributed by atoms with E-state index in [2.05, 4.69) is 28.9 Å². The van der Waals surface area contributed by atoms with E-state index in [0.29, 0.717) is 12.4 Å². The second-order valence-electron chi connectivity index (χ2n) is 4.95. The van der Waals surface area contributed by atoms with E-state index in [1.54, 1.807) is 0 Å². The van der Waals surface area contributed by atoms with Gasteiger partial charge in [-0.3, -0.25) is 4.90 Å². The maximum absolute atomic E-state index is 5.43. The Balaban J connectivity index is 0.00000144. The highest BCUT2D eigenvalue weighted by Gasteiger charge is 2.22. The van der Waals surface area contributed by atoms with E-state index in [1.807, 2.05) is 0 Å². The predicted octanol–water partition coefficient (Wildman–Crippen LogP) is 1.43. The van der Waals surface area contributed by atoms with Gasteiger partial charge in [0, 0.05) is 13.1 Å². The molecule has 1 aliphatic heterocycles. The van der Waals surface area contributed by atoms with Crippen LogP contribution in [0.15, 0.2) is 4.52 Å². The molecule has 0 amide bonds. The average molecular weight is 261 g/mol. The molecule has 2 rings (SSSR count). The normalized spacial score (nSPS) is 25.6. The lowest BCUT2D eigenvalue weighted by atomic mass is 9.92. The van der Waals surface area contributed by atoms with Crippen molar-refractivity contribution < 1.29 is 4.52 Å². The summed E-state index contributed by atoms with van der Waals surface area (Å²) in [6.45, 7) is 7.93. The Labute approximate surface area is 108 Å². The van der Waals surface area contributed by atoms with Crippen molar-refractivity contribution >= 4 is 12.4 Å². The van der Waals surface area contributed by atoms with Gasteiger partial charge in [-0.1, -0.05) is 19.0 Å². The minimum atomic E-state index is 0. The van der Waals surface area contributed by atoms with E-state index in [1.165, 1.54) is 6.42 Å². The minimum absolute atomic E-state index is 0. The molecule has 17 heavy (non-hydrogen) atoms. The molecule has 1 saturated heterocycles. The monoisotopic (exact) mass is 260 g/mol. The number of rotatable bonds is 3. The van der Waals surface area contributed by atoms with Crippen molar-refractivity contribution in [1.82, 2.24) is 15.0 Å². The molecular weight excluding hydrogens is 240 g/mol. The van der Waals surface area contributed by atoms with E-state index in [9.17, 15) is 0 Å². The van der Waals surface area contributed by atoms with Gasteiger partial charge in [0.1, 0.15) is 0 Å². The van der Waals surface area contributed by atoms with Crippen molar-refractivity contribution in [1.29, 1.82) is 0 Å². The molecule has 1 aromatic heterocycles. The van der Waals surface area contributed by atoms with Crippen LogP contribution in [0.3, 0.4) is 0 Å². The van der Waals surface area contributed by atoms with Crippen molar-refractivity contribution in [3.8, 4) is 0 Å². The first-order chi connectivity index (χ1) is 7.67. The fourth-order valence-corrected chi connectivity index (χ4v) is 2.56. The van der Waals surface area contributed by atoms with Gasteiger partial charge in [0.25, 0.3) is 0 Å². The Morgan fingerprint density at radius 3 is 2.53 bits per heavy atom. The van der Waals surface area contributed by atoms with E-state index < -0.39 is 0 Å². The van der Waals surface area contributed by atoms with Crippen LogP contribution in [-0.2, 0) is 13.1 Å². The Morgan fingerprint density at radius 2 is 2.00 bits per heavy atom. The van der Waals surface area contributed by atoms with Crippen molar-refractivity contribution in [3.05, 3.63) is 11.7 Å². The molecule has 0 saturated carbocycles. The number of hydrogen-bond acceptors (Lipinski definition) is 5. The lowest BCUT2D eigenvalue weighted by molar-refractivity contribution is 0.130. The number of hydrogen-bond donors (Lipinski definition) is 1. The van der Waals surface area contributed by atoms with Crippen molar-refractivity contribution in [2.24, 2.45) is 17.6 Å². The highest BCUT2D eigenvalue weighted by atomic mass is 35.5. The summed E-state index contributed by atoms with van der Waals surface area (Å²) in [6.07, 6.45) is 1.32. The van der Waals surface area contributed by atoms with Gasteiger partial charge in [-0.15, -0.1) is 12.4 Å². The number of halogens is 1. The van der Waals surface area contributed by atoms with Gasteiger partial charge in [0.05, 0.1) is 13.1 Å². The molecular formula is C11H21ClN4O. The highest BCUT2D eigenvalue weighted by Crippen LogP contribution is 2.21. The molecule has 1 aliphatic rings. The number of likely N-dealkylation sites (tertiary alicyclic amines) is 1. The molecule has 2 unspecified atom stereocenters. The smallest absolute Gasteiger partial charge is 0.240 e. The summed E-state index contributed by atoms with van der Waals surface area (Å²) in [5.41, 5.74) is 5.43. The molecule has 6 heteroatoms. The maximum Gasteiger partial charge on any atom is 0.240 e. The van der Waals surface area contributed by atoms with Gasteiger partial charge >= 0.3 is 0 Å². The van der Waals surface area contributed by atoms with Gasteiger partial charge in [0.15, 0.2) is 5.82 Å². The van der Waals surface area contributed by atoms with Gasteiger partial charge in [0.2, 0.25) is 5.89 Å². The van der Waals surface area contributed by atoms with Crippen LogP contribution < -0.4 is 5.73 Å². The summed E-state index contributed by atoms with van der Waals surface area (Å²) in [7, 11) is 0.